The summed E-state index contributed by atoms with van der Waals surface area (Å²) >= 11 is 5.87. The van der Waals surface area contributed by atoms with Gasteiger partial charge in [-0.2, -0.15) is 0 Å². The molecule has 1 atom stereocenters. The van der Waals surface area contributed by atoms with E-state index in [1.54, 1.807) is 18.5 Å². The molecule has 0 aliphatic rings. The molecule has 0 fully saturated rings. The molecule has 96 valence electrons. The molecule has 0 amide bonds. The monoisotopic (exact) mass is 256 g/mol. The lowest BCUT2D eigenvalue weighted by Gasteiger charge is -2.20. The Bertz CT molecular complexity index is 331. The first-order chi connectivity index (χ1) is 8.11. The Labute approximate surface area is 109 Å². The van der Waals surface area contributed by atoms with Crippen LogP contribution in [0.3, 0.4) is 0 Å². The van der Waals surface area contributed by atoms with Crippen molar-refractivity contribution < 1.29 is 4.74 Å². The predicted molar refractivity (Wildman–Crippen MR) is 71.7 cm³/mol. The average molecular weight is 257 g/mol. The number of halogens is 1. The quantitative estimate of drug-likeness (QED) is 0.813. The first kappa shape index (κ1) is 14.3. The minimum atomic E-state index is 0.169. The lowest BCUT2D eigenvalue weighted by molar-refractivity contribution is 0.182. The Kier molecular flexibility index (Phi) is 6.30. The third-order valence-corrected chi connectivity index (χ3v) is 2.55. The fourth-order valence-electron chi connectivity index (χ4n) is 1.54. The van der Waals surface area contributed by atoms with Crippen LogP contribution in [-0.4, -0.2) is 23.7 Å². The zero-order valence-corrected chi connectivity index (χ0v) is 11.5. The van der Waals surface area contributed by atoms with Crippen molar-refractivity contribution in [3.63, 3.8) is 0 Å². The molecule has 4 heteroatoms. The van der Waals surface area contributed by atoms with Crippen LogP contribution in [0, 0.1) is 0 Å². The van der Waals surface area contributed by atoms with Crippen LogP contribution in [0.2, 0.25) is 5.02 Å². The normalized spacial score (nSPS) is 12.8. The van der Waals surface area contributed by atoms with Crippen LogP contribution in [0.5, 0.6) is 5.75 Å². The molecule has 1 rings (SSSR count). The first-order valence-electron chi connectivity index (χ1n) is 6.12. The smallest absolute Gasteiger partial charge is 0.139 e. The van der Waals surface area contributed by atoms with E-state index in [1.165, 1.54) is 0 Å². The molecule has 1 aromatic rings. The number of hydrogen-bond donors (Lipinski definition) is 1. The van der Waals surface area contributed by atoms with Crippen molar-refractivity contribution >= 4 is 11.6 Å². The molecular weight excluding hydrogens is 236 g/mol. The summed E-state index contributed by atoms with van der Waals surface area (Å²) in [6, 6.07) is 2.27. The SMILES string of the molecule is CCCC(CNC(C)C)Oc1cncc(Cl)c1. The molecule has 0 aliphatic heterocycles. The summed E-state index contributed by atoms with van der Waals surface area (Å²) in [4.78, 5) is 4.02. The van der Waals surface area contributed by atoms with E-state index in [0.717, 1.165) is 25.1 Å². The van der Waals surface area contributed by atoms with Crippen LogP contribution in [0.1, 0.15) is 33.6 Å². The van der Waals surface area contributed by atoms with Gasteiger partial charge < -0.3 is 10.1 Å². The van der Waals surface area contributed by atoms with E-state index in [1.807, 2.05) is 0 Å². The van der Waals surface area contributed by atoms with Crippen molar-refractivity contribution in [2.24, 2.45) is 0 Å². The number of aromatic nitrogens is 1. The van der Waals surface area contributed by atoms with Crippen molar-refractivity contribution in [2.75, 3.05) is 6.54 Å². The van der Waals surface area contributed by atoms with Gasteiger partial charge in [-0.05, 0) is 6.42 Å². The van der Waals surface area contributed by atoms with Gasteiger partial charge in [0.05, 0.1) is 11.2 Å². The van der Waals surface area contributed by atoms with Gasteiger partial charge in [-0.15, -0.1) is 0 Å². The summed E-state index contributed by atoms with van der Waals surface area (Å²) in [7, 11) is 0. The van der Waals surface area contributed by atoms with Gasteiger partial charge in [-0.25, -0.2) is 0 Å². The highest BCUT2D eigenvalue weighted by molar-refractivity contribution is 6.30. The number of nitrogens with one attached hydrogen (secondary N) is 1. The molecule has 17 heavy (non-hydrogen) atoms. The number of nitrogens with zero attached hydrogens (tertiary/aromatic N) is 1. The Hall–Kier alpha value is -0.800. The largest absolute Gasteiger partial charge is 0.487 e. The van der Waals surface area contributed by atoms with Gasteiger partial charge in [0.1, 0.15) is 11.9 Å². The molecular formula is C13H21ClN2O. The molecule has 0 aromatic carbocycles. The molecule has 0 spiro atoms. The molecule has 0 saturated carbocycles. The van der Waals surface area contributed by atoms with Crippen molar-refractivity contribution in [3.05, 3.63) is 23.5 Å². The van der Waals surface area contributed by atoms with Crippen LogP contribution >= 0.6 is 11.6 Å². The summed E-state index contributed by atoms with van der Waals surface area (Å²) in [5.41, 5.74) is 0. The second-order valence-electron chi connectivity index (χ2n) is 4.43. The lowest BCUT2D eigenvalue weighted by atomic mass is 10.2. The van der Waals surface area contributed by atoms with Crippen LogP contribution < -0.4 is 10.1 Å². The minimum Gasteiger partial charge on any atom is -0.487 e. The lowest BCUT2D eigenvalue weighted by Crippen LogP contribution is -2.35. The van der Waals surface area contributed by atoms with Crippen LogP contribution in [0.4, 0.5) is 0 Å². The highest BCUT2D eigenvalue weighted by atomic mass is 35.5. The van der Waals surface area contributed by atoms with Crippen molar-refractivity contribution in [3.8, 4) is 5.75 Å². The minimum absolute atomic E-state index is 0.169. The van der Waals surface area contributed by atoms with E-state index in [9.17, 15) is 0 Å². The predicted octanol–water partition coefficient (Wildman–Crippen LogP) is 3.28. The molecule has 0 aliphatic carbocycles. The summed E-state index contributed by atoms with van der Waals surface area (Å²) in [6.45, 7) is 7.26. The Morgan fingerprint density at radius 2 is 2.18 bits per heavy atom. The number of ether oxygens (including phenoxy) is 1. The summed E-state index contributed by atoms with van der Waals surface area (Å²) in [5.74, 6) is 0.738. The highest BCUT2D eigenvalue weighted by Gasteiger charge is 2.10. The van der Waals surface area contributed by atoms with E-state index >= 15 is 0 Å². The fourth-order valence-corrected chi connectivity index (χ4v) is 1.70. The number of rotatable bonds is 7. The van der Waals surface area contributed by atoms with E-state index in [2.05, 4.69) is 31.1 Å². The molecule has 1 aromatic heterocycles. The third-order valence-electron chi connectivity index (χ3n) is 2.35. The van der Waals surface area contributed by atoms with E-state index < -0.39 is 0 Å². The van der Waals surface area contributed by atoms with Crippen molar-refractivity contribution in [1.29, 1.82) is 0 Å². The topological polar surface area (TPSA) is 34.1 Å². The summed E-state index contributed by atoms with van der Waals surface area (Å²) in [5, 5.41) is 3.99. The maximum atomic E-state index is 5.88. The van der Waals surface area contributed by atoms with Crippen LogP contribution in [0.15, 0.2) is 18.5 Å². The molecule has 3 nitrogen and oxygen atoms in total. The van der Waals surface area contributed by atoms with Gasteiger partial charge in [0.2, 0.25) is 0 Å². The maximum absolute atomic E-state index is 5.88. The van der Waals surface area contributed by atoms with E-state index in [0.29, 0.717) is 11.1 Å². The fraction of sp³-hybridized carbons (Fsp3) is 0.615. The summed E-state index contributed by atoms with van der Waals surface area (Å²) < 4.78 is 5.88. The zero-order chi connectivity index (χ0) is 12.7. The van der Waals surface area contributed by atoms with Gasteiger partial charge in [0.15, 0.2) is 0 Å². The van der Waals surface area contributed by atoms with Crippen LogP contribution in [-0.2, 0) is 0 Å². The average Bonchev–Trinajstić information content (AvgIpc) is 2.26. The van der Waals surface area contributed by atoms with Crippen LogP contribution in [0.25, 0.3) is 0 Å². The third kappa shape index (κ3) is 5.89. The van der Waals surface area contributed by atoms with Gasteiger partial charge in [0, 0.05) is 24.8 Å². The molecule has 0 saturated heterocycles. The van der Waals surface area contributed by atoms with Crippen molar-refractivity contribution in [1.82, 2.24) is 10.3 Å². The Balaban J connectivity index is 2.53. The van der Waals surface area contributed by atoms with Gasteiger partial charge in [-0.1, -0.05) is 38.8 Å². The van der Waals surface area contributed by atoms with Gasteiger partial charge >= 0.3 is 0 Å². The molecule has 1 heterocycles. The van der Waals surface area contributed by atoms with E-state index in [-0.39, 0.29) is 6.10 Å². The maximum Gasteiger partial charge on any atom is 0.139 e. The summed E-state index contributed by atoms with van der Waals surface area (Å²) in [6.07, 6.45) is 5.59. The first-order valence-corrected chi connectivity index (χ1v) is 6.50. The molecule has 0 radical (unpaired) electrons. The van der Waals surface area contributed by atoms with Gasteiger partial charge in [-0.3, -0.25) is 4.98 Å². The molecule has 0 bridgehead atoms. The Morgan fingerprint density at radius 3 is 2.76 bits per heavy atom. The standard InChI is InChI=1S/C13H21ClN2O/c1-4-5-12(9-16-10(2)3)17-13-6-11(14)7-15-8-13/h6-8,10,12,16H,4-5,9H2,1-3H3. The Morgan fingerprint density at radius 1 is 1.41 bits per heavy atom. The number of hydrogen-bond acceptors (Lipinski definition) is 3. The zero-order valence-electron chi connectivity index (χ0n) is 10.7. The van der Waals surface area contributed by atoms with E-state index in [4.69, 9.17) is 16.3 Å². The highest BCUT2D eigenvalue weighted by Crippen LogP contribution is 2.17. The van der Waals surface area contributed by atoms with Gasteiger partial charge in [0.25, 0.3) is 0 Å². The van der Waals surface area contributed by atoms with Crippen molar-refractivity contribution in [2.45, 2.75) is 45.8 Å². The number of pyridine rings is 1. The second-order valence-corrected chi connectivity index (χ2v) is 4.87. The second kappa shape index (κ2) is 7.51. The molecule has 1 unspecified atom stereocenters. The molecule has 1 N–H and O–H groups in total.